The van der Waals surface area contributed by atoms with Crippen molar-refractivity contribution in [2.45, 2.75) is 18.9 Å². The molecule has 0 aromatic heterocycles. The van der Waals surface area contributed by atoms with Gasteiger partial charge in [-0.3, -0.25) is 4.79 Å². The van der Waals surface area contributed by atoms with E-state index < -0.39 is 6.10 Å². The Bertz CT molecular complexity index is 638. The number of ether oxygens (including phenoxy) is 2. The molecule has 108 valence electrons. The van der Waals surface area contributed by atoms with Crippen LogP contribution in [0.1, 0.15) is 12.8 Å². The van der Waals surface area contributed by atoms with Crippen molar-refractivity contribution in [1.82, 2.24) is 5.43 Å². The van der Waals surface area contributed by atoms with E-state index in [1.165, 1.54) is 0 Å². The lowest BCUT2D eigenvalue weighted by atomic mass is 9.74. The number of rotatable bonds is 2. The average Bonchev–Trinajstić information content (AvgIpc) is 2.88. The van der Waals surface area contributed by atoms with E-state index in [9.17, 15) is 4.79 Å². The maximum absolute atomic E-state index is 12.1. The van der Waals surface area contributed by atoms with Gasteiger partial charge in [-0.15, -0.1) is 0 Å². The number of hydrogen-bond donors (Lipinski definition) is 1. The third-order valence-corrected chi connectivity index (χ3v) is 4.27. The van der Waals surface area contributed by atoms with Crippen LogP contribution in [-0.4, -0.2) is 24.3 Å². The van der Waals surface area contributed by atoms with E-state index >= 15 is 0 Å². The zero-order chi connectivity index (χ0) is 14.2. The number of hydrogen-bond acceptors (Lipinski definition) is 4. The van der Waals surface area contributed by atoms with Crippen molar-refractivity contribution >= 4 is 11.6 Å². The Morgan fingerprint density at radius 1 is 1.29 bits per heavy atom. The number of amides is 1. The summed E-state index contributed by atoms with van der Waals surface area (Å²) in [5.74, 6) is 2.13. The fraction of sp³-hybridized carbons (Fsp3) is 0.375. The van der Waals surface area contributed by atoms with Crippen LogP contribution in [0.4, 0.5) is 0 Å². The number of carbonyl (C=O) groups is 1. The van der Waals surface area contributed by atoms with Gasteiger partial charge in [-0.05, 0) is 30.9 Å². The molecule has 1 amide bonds. The van der Waals surface area contributed by atoms with Crippen molar-refractivity contribution in [2.75, 3.05) is 6.61 Å². The van der Waals surface area contributed by atoms with E-state index in [0.717, 1.165) is 18.6 Å². The first-order valence-corrected chi connectivity index (χ1v) is 7.23. The van der Waals surface area contributed by atoms with Crippen LogP contribution in [0.3, 0.4) is 0 Å². The van der Waals surface area contributed by atoms with Crippen molar-refractivity contribution in [3.05, 3.63) is 36.4 Å². The molecule has 5 nitrogen and oxygen atoms in total. The van der Waals surface area contributed by atoms with Gasteiger partial charge in [0.25, 0.3) is 5.91 Å². The van der Waals surface area contributed by atoms with E-state index in [1.54, 1.807) is 6.07 Å². The number of para-hydroxylation sites is 2. The topological polar surface area (TPSA) is 59.9 Å². The molecule has 1 N–H and O–H groups in total. The molecular weight excluding hydrogens is 268 g/mol. The van der Waals surface area contributed by atoms with Gasteiger partial charge in [0, 0.05) is 11.6 Å². The third kappa shape index (κ3) is 2.18. The minimum Gasteiger partial charge on any atom is -0.485 e. The SMILES string of the molecule is O=C(N/N=C1/C[C@@H]2C=CC[C@H]12)[C@@H]1COc2ccccc2O1. The van der Waals surface area contributed by atoms with Crippen LogP contribution in [0, 0.1) is 11.8 Å². The molecule has 1 aliphatic heterocycles. The molecule has 1 aromatic carbocycles. The number of hydrazone groups is 1. The van der Waals surface area contributed by atoms with Crippen LogP contribution in [0.25, 0.3) is 0 Å². The molecule has 0 spiro atoms. The zero-order valence-electron chi connectivity index (χ0n) is 11.5. The molecule has 5 heteroatoms. The van der Waals surface area contributed by atoms with Gasteiger partial charge in [-0.25, -0.2) is 5.43 Å². The monoisotopic (exact) mass is 284 g/mol. The second kappa shape index (κ2) is 4.91. The molecule has 3 atom stereocenters. The van der Waals surface area contributed by atoms with Gasteiger partial charge in [-0.2, -0.15) is 5.10 Å². The van der Waals surface area contributed by atoms with Gasteiger partial charge < -0.3 is 9.47 Å². The lowest BCUT2D eigenvalue weighted by Crippen LogP contribution is -2.43. The van der Waals surface area contributed by atoms with Crippen molar-refractivity contribution in [1.29, 1.82) is 0 Å². The molecule has 0 saturated heterocycles. The Hall–Kier alpha value is -2.30. The minimum atomic E-state index is -0.651. The molecule has 0 radical (unpaired) electrons. The third-order valence-electron chi connectivity index (χ3n) is 4.27. The molecule has 1 aromatic rings. The highest BCUT2D eigenvalue weighted by Crippen LogP contribution is 2.40. The number of benzene rings is 1. The number of carbonyl (C=O) groups excluding carboxylic acids is 1. The van der Waals surface area contributed by atoms with Crippen LogP contribution in [0.5, 0.6) is 11.5 Å². The average molecular weight is 284 g/mol. The van der Waals surface area contributed by atoms with Crippen LogP contribution < -0.4 is 14.9 Å². The van der Waals surface area contributed by atoms with Crippen molar-refractivity contribution in [2.24, 2.45) is 16.9 Å². The van der Waals surface area contributed by atoms with Gasteiger partial charge in [-0.1, -0.05) is 24.3 Å². The minimum absolute atomic E-state index is 0.210. The van der Waals surface area contributed by atoms with Gasteiger partial charge in [0.2, 0.25) is 6.10 Å². The number of nitrogens with zero attached hydrogens (tertiary/aromatic N) is 1. The standard InChI is InChI=1S/C16H16N2O3/c19-16(18-17-12-8-10-4-3-5-11(10)12)15-9-20-13-6-1-2-7-14(13)21-15/h1-4,6-7,10-11,15H,5,8-9H2,(H,18,19)/b17-12-/t10-,11-,15-/m0/s1. The highest BCUT2D eigenvalue weighted by atomic mass is 16.6. The largest absolute Gasteiger partial charge is 0.485 e. The van der Waals surface area contributed by atoms with Gasteiger partial charge >= 0.3 is 0 Å². The molecule has 0 bridgehead atoms. The molecular formula is C16H16N2O3. The molecule has 21 heavy (non-hydrogen) atoms. The summed E-state index contributed by atoms with van der Waals surface area (Å²) in [6.45, 7) is 0.210. The highest BCUT2D eigenvalue weighted by Gasteiger charge is 2.38. The van der Waals surface area contributed by atoms with Crippen molar-refractivity contribution in [3.8, 4) is 11.5 Å². The number of fused-ring (bicyclic) bond motifs is 2. The maximum Gasteiger partial charge on any atom is 0.284 e. The predicted molar refractivity (Wildman–Crippen MR) is 77.3 cm³/mol. The predicted octanol–water partition coefficient (Wildman–Crippen LogP) is 1.89. The Morgan fingerprint density at radius 3 is 3.00 bits per heavy atom. The summed E-state index contributed by atoms with van der Waals surface area (Å²) >= 11 is 0. The molecule has 1 fully saturated rings. The van der Waals surface area contributed by atoms with Crippen LogP contribution in [0.15, 0.2) is 41.5 Å². The summed E-state index contributed by atoms with van der Waals surface area (Å²) in [6, 6.07) is 7.34. The molecule has 0 unspecified atom stereocenters. The fourth-order valence-corrected chi connectivity index (χ4v) is 3.01. The second-order valence-electron chi connectivity index (χ2n) is 5.58. The smallest absolute Gasteiger partial charge is 0.284 e. The van der Waals surface area contributed by atoms with Crippen molar-refractivity contribution < 1.29 is 14.3 Å². The van der Waals surface area contributed by atoms with E-state index in [-0.39, 0.29) is 12.5 Å². The normalized spacial score (nSPS) is 30.7. The summed E-state index contributed by atoms with van der Waals surface area (Å²) in [6.07, 6.45) is 5.76. The van der Waals surface area contributed by atoms with Gasteiger partial charge in [0.15, 0.2) is 11.5 Å². The van der Waals surface area contributed by atoms with Crippen LogP contribution in [-0.2, 0) is 4.79 Å². The lowest BCUT2D eigenvalue weighted by molar-refractivity contribution is -0.130. The van der Waals surface area contributed by atoms with Crippen molar-refractivity contribution in [3.63, 3.8) is 0 Å². The molecule has 1 saturated carbocycles. The molecule has 2 aliphatic carbocycles. The second-order valence-corrected chi connectivity index (χ2v) is 5.58. The zero-order valence-corrected chi connectivity index (χ0v) is 11.5. The molecule has 1 heterocycles. The Kier molecular flexibility index (Phi) is 2.91. The highest BCUT2D eigenvalue weighted by molar-refractivity contribution is 5.95. The quantitative estimate of drug-likeness (QED) is 0.666. The van der Waals surface area contributed by atoms with Gasteiger partial charge in [0.1, 0.15) is 6.61 Å². The van der Waals surface area contributed by atoms with E-state index in [0.29, 0.717) is 23.3 Å². The maximum atomic E-state index is 12.1. The first-order chi connectivity index (χ1) is 10.3. The molecule has 4 rings (SSSR count). The number of allylic oxidation sites excluding steroid dienone is 2. The van der Waals surface area contributed by atoms with E-state index in [4.69, 9.17) is 9.47 Å². The number of nitrogens with one attached hydrogen (secondary N) is 1. The van der Waals surface area contributed by atoms with Gasteiger partial charge in [0.05, 0.1) is 0 Å². The Morgan fingerprint density at radius 2 is 2.14 bits per heavy atom. The Labute approximate surface area is 122 Å². The fourth-order valence-electron chi connectivity index (χ4n) is 3.01. The summed E-state index contributed by atoms with van der Waals surface area (Å²) in [4.78, 5) is 12.1. The Balaban J connectivity index is 1.37. The van der Waals surface area contributed by atoms with Crippen LogP contribution in [0.2, 0.25) is 0 Å². The first-order valence-electron chi connectivity index (χ1n) is 7.23. The summed E-state index contributed by atoms with van der Waals surface area (Å²) in [7, 11) is 0. The van der Waals surface area contributed by atoms with Crippen LogP contribution >= 0.6 is 0 Å². The summed E-state index contributed by atoms with van der Waals surface area (Å²) < 4.78 is 11.2. The summed E-state index contributed by atoms with van der Waals surface area (Å²) in [5, 5.41) is 4.24. The van der Waals surface area contributed by atoms with E-state index in [1.807, 2.05) is 18.2 Å². The first kappa shape index (κ1) is 12.4. The molecule has 3 aliphatic rings. The van der Waals surface area contributed by atoms with E-state index in [2.05, 4.69) is 22.7 Å². The summed E-state index contributed by atoms with van der Waals surface area (Å²) in [5.41, 5.74) is 3.69. The lowest BCUT2D eigenvalue weighted by Gasteiger charge is -2.32.